The van der Waals surface area contributed by atoms with Crippen LogP contribution < -0.4 is 4.74 Å². The number of pyridine rings is 1. The van der Waals surface area contributed by atoms with Gasteiger partial charge in [0.1, 0.15) is 5.56 Å². The summed E-state index contributed by atoms with van der Waals surface area (Å²) in [7, 11) is 3.25. The molecule has 0 aliphatic carbocycles. The smallest absolute Gasteiger partial charge is 0.480 e. The lowest BCUT2D eigenvalue weighted by Gasteiger charge is -2.38. The highest BCUT2D eigenvalue weighted by molar-refractivity contribution is 5.96. The van der Waals surface area contributed by atoms with Crippen LogP contribution in [-0.4, -0.2) is 78.7 Å². The number of carbonyl (C=O) groups excluding carboxylic acids is 1. The van der Waals surface area contributed by atoms with Gasteiger partial charge in [-0.1, -0.05) is 0 Å². The largest absolute Gasteiger partial charge is 0.490 e. The fourth-order valence-electron chi connectivity index (χ4n) is 3.31. The van der Waals surface area contributed by atoms with Crippen LogP contribution in [0.3, 0.4) is 0 Å². The Bertz CT molecular complexity index is 720. The number of nitrogens with zero attached hydrogens (tertiary/aromatic N) is 2. The molecular formula is C18H23F3N2O6. The summed E-state index contributed by atoms with van der Waals surface area (Å²) in [6.07, 6.45) is -0.664. The van der Waals surface area contributed by atoms with Crippen LogP contribution in [0.25, 0.3) is 0 Å². The molecule has 2 fully saturated rings. The SMILES string of the molecule is COc1ncccc1C(=O)N1CCC2(CC1)CC(OC)CO2.O=C(O)C(F)(F)F. The second kappa shape index (κ2) is 9.40. The lowest BCUT2D eigenvalue weighted by molar-refractivity contribution is -0.192. The first-order valence-corrected chi connectivity index (χ1v) is 8.87. The van der Waals surface area contributed by atoms with E-state index in [1.807, 2.05) is 4.90 Å². The third-order valence-electron chi connectivity index (χ3n) is 4.91. The molecule has 1 amide bonds. The van der Waals surface area contributed by atoms with Crippen LogP contribution in [0.4, 0.5) is 13.2 Å². The number of ether oxygens (including phenoxy) is 3. The second-order valence-electron chi connectivity index (χ2n) is 6.71. The number of hydrogen-bond acceptors (Lipinski definition) is 6. The predicted molar refractivity (Wildman–Crippen MR) is 93.7 cm³/mol. The van der Waals surface area contributed by atoms with Gasteiger partial charge in [-0.15, -0.1) is 0 Å². The van der Waals surface area contributed by atoms with E-state index in [1.54, 1.807) is 25.4 Å². The van der Waals surface area contributed by atoms with Crippen molar-refractivity contribution in [2.75, 3.05) is 33.9 Å². The number of hydrogen-bond donors (Lipinski definition) is 1. The second-order valence-corrected chi connectivity index (χ2v) is 6.71. The first kappa shape index (κ1) is 22.9. The standard InChI is InChI=1S/C16H22N2O4.C2HF3O2/c1-20-12-10-16(22-11-12)5-8-18(9-6-16)15(19)13-4-3-7-17-14(13)21-2;3-2(4,5)1(6)7/h3-4,7,12H,5-6,8-11H2,1-2H3;(H,6,7). The van der Waals surface area contributed by atoms with Gasteiger partial charge in [-0.25, -0.2) is 9.78 Å². The fraction of sp³-hybridized carbons (Fsp3) is 0.611. The van der Waals surface area contributed by atoms with Gasteiger partial charge in [0.2, 0.25) is 5.88 Å². The van der Waals surface area contributed by atoms with E-state index in [-0.39, 0.29) is 17.6 Å². The van der Waals surface area contributed by atoms with Gasteiger partial charge < -0.3 is 24.2 Å². The number of amides is 1. The summed E-state index contributed by atoms with van der Waals surface area (Å²) in [6, 6.07) is 3.51. The number of alkyl halides is 3. The molecule has 1 unspecified atom stereocenters. The minimum absolute atomic E-state index is 0.0268. The van der Waals surface area contributed by atoms with E-state index in [9.17, 15) is 18.0 Å². The molecule has 3 rings (SSSR count). The van der Waals surface area contributed by atoms with Gasteiger partial charge in [0.05, 0.1) is 25.4 Å². The van der Waals surface area contributed by atoms with E-state index < -0.39 is 12.1 Å². The summed E-state index contributed by atoms with van der Waals surface area (Å²) in [4.78, 5) is 27.5. The number of aliphatic carboxylic acids is 1. The molecule has 0 bridgehead atoms. The number of halogens is 3. The highest BCUT2D eigenvalue weighted by atomic mass is 19.4. The molecule has 11 heteroatoms. The maximum absolute atomic E-state index is 12.6. The van der Waals surface area contributed by atoms with Crippen molar-refractivity contribution >= 4 is 11.9 Å². The van der Waals surface area contributed by atoms with Crippen LogP contribution in [-0.2, 0) is 14.3 Å². The normalized spacial score (nSPS) is 20.7. The number of carboxylic acid groups (broad SMARTS) is 1. The predicted octanol–water partition coefficient (Wildman–Crippen LogP) is 2.13. The maximum Gasteiger partial charge on any atom is 0.490 e. The Kier molecular flexibility index (Phi) is 7.42. The Balaban J connectivity index is 0.000000370. The topological polar surface area (TPSA) is 98.2 Å². The average Bonchev–Trinajstić information content (AvgIpc) is 3.10. The summed E-state index contributed by atoms with van der Waals surface area (Å²) in [5.41, 5.74) is 0.402. The van der Waals surface area contributed by atoms with Crippen LogP contribution in [0.15, 0.2) is 18.3 Å². The first-order valence-electron chi connectivity index (χ1n) is 8.87. The zero-order valence-electron chi connectivity index (χ0n) is 16.1. The minimum atomic E-state index is -5.08. The molecular weight excluding hydrogens is 397 g/mol. The van der Waals surface area contributed by atoms with Crippen molar-refractivity contribution in [1.29, 1.82) is 0 Å². The van der Waals surface area contributed by atoms with E-state index in [1.165, 1.54) is 7.11 Å². The van der Waals surface area contributed by atoms with Crippen molar-refractivity contribution in [3.8, 4) is 5.88 Å². The summed E-state index contributed by atoms with van der Waals surface area (Å²) in [6.45, 7) is 2.03. The number of likely N-dealkylation sites (tertiary alicyclic amines) is 1. The van der Waals surface area contributed by atoms with Crippen molar-refractivity contribution in [2.45, 2.75) is 37.1 Å². The monoisotopic (exact) mass is 420 g/mol. The van der Waals surface area contributed by atoms with Gasteiger partial charge in [0, 0.05) is 32.8 Å². The number of carboxylic acids is 1. The third-order valence-corrected chi connectivity index (χ3v) is 4.91. The van der Waals surface area contributed by atoms with Gasteiger partial charge in [-0.05, 0) is 25.0 Å². The zero-order chi connectivity index (χ0) is 21.7. The summed E-state index contributed by atoms with van der Waals surface area (Å²) in [5.74, 6) is -2.40. The molecule has 2 aliphatic heterocycles. The maximum atomic E-state index is 12.6. The number of rotatable bonds is 3. The van der Waals surface area contributed by atoms with Crippen LogP contribution in [0.2, 0.25) is 0 Å². The molecule has 1 atom stereocenters. The lowest BCUT2D eigenvalue weighted by atomic mass is 9.87. The quantitative estimate of drug-likeness (QED) is 0.800. The van der Waals surface area contributed by atoms with Crippen molar-refractivity contribution < 1.29 is 42.1 Å². The molecule has 0 aromatic carbocycles. The molecule has 2 aliphatic rings. The third kappa shape index (κ3) is 5.80. The van der Waals surface area contributed by atoms with E-state index in [0.29, 0.717) is 31.1 Å². The Labute approximate surface area is 165 Å². The van der Waals surface area contributed by atoms with Crippen molar-refractivity contribution in [1.82, 2.24) is 9.88 Å². The van der Waals surface area contributed by atoms with E-state index >= 15 is 0 Å². The van der Waals surface area contributed by atoms with E-state index in [2.05, 4.69) is 4.98 Å². The first-order chi connectivity index (χ1) is 13.6. The molecule has 0 radical (unpaired) electrons. The lowest BCUT2D eigenvalue weighted by Crippen LogP contribution is -2.46. The Morgan fingerprint density at radius 2 is 1.93 bits per heavy atom. The number of methoxy groups -OCH3 is 2. The average molecular weight is 420 g/mol. The summed E-state index contributed by atoms with van der Waals surface area (Å²) < 4.78 is 48.3. The van der Waals surface area contributed by atoms with Crippen molar-refractivity contribution in [3.63, 3.8) is 0 Å². The van der Waals surface area contributed by atoms with Crippen LogP contribution in [0.5, 0.6) is 5.88 Å². The molecule has 1 aromatic heterocycles. The zero-order valence-corrected chi connectivity index (χ0v) is 16.1. The molecule has 1 spiro atoms. The molecule has 0 saturated carbocycles. The Morgan fingerprint density at radius 1 is 1.31 bits per heavy atom. The highest BCUT2D eigenvalue weighted by Gasteiger charge is 2.43. The summed E-state index contributed by atoms with van der Waals surface area (Å²) in [5, 5.41) is 7.12. The minimum Gasteiger partial charge on any atom is -0.480 e. The van der Waals surface area contributed by atoms with Gasteiger partial charge in [0.15, 0.2) is 0 Å². The van der Waals surface area contributed by atoms with Crippen molar-refractivity contribution in [2.24, 2.45) is 0 Å². The van der Waals surface area contributed by atoms with Gasteiger partial charge in [-0.3, -0.25) is 4.79 Å². The van der Waals surface area contributed by atoms with E-state index in [4.69, 9.17) is 24.1 Å². The van der Waals surface area contributed by atoms with Gasteiger partial charge >= 0.3 is 12.1 Å². The molecule has 2 saturated heterocycles. The number of aromatic nitrogens is 1. The van der Waals surface area contributed by atoms with E-state index in [0.717, 1.165) is 19.3 Å². The Hall–Kier alpha value is -2.40. The van der Waals surface area contributed by atoms with Gasteiger partial charge in [-0.2, -0.15) is 13.2 Å². The van der Waals surface area contributed by atoms with Crippen LogP contribution in [0.1, 0.15) is 29.6 Å². The van der Waals surface area contributed by atoms with Crippen LogP contribution in [0, 0.1) is 0 Å². The number of piperidine rings is 1. The van der Waals surface area contributed by atoms with Crippen molar-refractivity contribution in [3.05, 3.63) is 23.9 Å². The highest BCUT2D eigenvalue weighted by Crippen LogP contribution is 2.37. The molecule has 8 nitrogen and oxygen atoms in total. The fourth-order valence-corrected chi connectivity index (χ4v) is 3.31. The van der Waals surface area contributed by atoms with Crippen LogP contribution >= 0.6 is 0 Å². The number of carbonyl (C=O) groups is 2. The summed E-state index contributed by atoms with van der Waals surface area (Å²) >= 11 is 0. The molecule has 1 N–H and O–H groups in total. The molecule has 1 aromatic rings. The molecule has 162 valence electrons. The molecule has 29 heavy (non-hydrogen) atoms. The molecule has 3 heterocycles. The Morgan fingerprint density at radius 3 is 2.41 bits per heavy atom. The van der Waals surface area contributed by atoms with Gasteiger partial charge in [0.25, 0.3) is 5.91 Å².